The van der Waals surface area contributed by atoms with Gasteiger partial charge in [0.2, 0.25) is 5.91 Å². The molecule has 2 bridgehead atoms. The van der Waals surface area contributed by atoms with Crippen LogP contribution in [0, 0.1) is 0 Å². The molecular weight excluding hydrogens is 530 g/mol. The van der Waals surface area contributed by atoms with Crippen LogP contribution in [0.25, 0.3) is 0 Å². The fourth-order valence-corrected chi connectivity index (χ4v) is 6.36. The quantitative estimate of drug-likeness (QED) is 0.522. The number of amides is 4. The molecule has 10 nitrogen and oxygen atoms in total. The third-order valence-corrected chi connectivity index (χ3v) is 8.49. The van der Waals surface area contributed by atoms with Crippen LogP contribution in [-0.2, 0) is 16.1 Å². The summed E-state index contributed by atoms with van der Waals surface area (Å²) < 4.78 is 12.5. The number of carbonyl (C=O) groups is 3. The largest absolute Gasteiger partial charge is 0.493 e. The van der Waals surface area contributed by atoms with Crippen molar-refractivity contribution < 1.29 is 23.9 Å². The van der Waals surface area contributed by atoms with Gasteiger partial charge in [-0.3, -0.25) is 14.5 Å². The smallest absolute Gasteiger partial charge is 0.315 e. The molecule has 0 saturated carbocycles. The van der Waals surface area contributed by atoms with Crippen molar-refractivity contribution in [3.63, 3.8) is 0 Å². The molecule has 11 heteroatoms. The van der Waals surface area contributed by atoms with Crippen LogP contribution in [-0.4, -0.2) is 90.8 Å². The molecule has 2 saturated heterocycles. The fraction of sp³-hybridized carbons (Fsp3) is 0.552. The van der Waals surface area contributed by atoms with Gasteiger partial charge in [-0.25, -0.2) is 4.79 Å². The maximum atomic E-state index is 13.8. The highest BCUT2D eigenvalue weighted by atomic mass is 32.1. The van der Waals surface area contributed by atoms with E-state index in [4.69, 9.17) is 9.47 Å². The Bertz CT molecular complexity index is 1180. The normalized spacial score (nSPS) is 26.1. The third kappa shape index (κ3) is 6.94. The van der Waals surface area contributed by atoms with E-state index in [0.717, 1.165) is 19.4 Å². The molecule has 3 aliphatic rings. The highest BCUT2D eigenvalue weighted by molar-refractivity contribution is 7.09. The number of ether oxygens (including phenoxy) is 2. The summed E-state index contributed by atoms with van der Waals surface area (Å²) in [4.78, 5) is 45.2. The van der Waals surface area contributed by atoms with Gasteiger partial charge in [-0.05, 0) is 50.3 Å². The van der Waals surface area contributed by atoms with Crippen molar-refractivity contribution in [3.05, 3.63) is 52.2 Å². The van der Waals surface area contributed by atoms with Crippen molar-refractivity contribution in [2.75, 3.05) is 32.8 Å². The van der Waals surface area contributed by atoms with Gasteiger partial charge in [0.1, 0.15) is 11.8 Å². The predicted molar refractivity (Wildman–Crippen MR) is 152 cm³/mol. The lowest BCUT2D eigenvalue weighted by Gasteiger charge is -2.41. The van der Waals surface area contributed by atoms with Crippen molar-refractivity contribution in [1.29, 1.82) is 0 Å². The van der Waals surface area contributed by atoms with Crippen LogP contribution in [0.4, 0.5) is 4.79 Å². The molecule has 1 aromatic heterocycles. The Morgan fingerprint density at radius 2 is 1.98 bits per heavy atom. The van der Waals surface area contributed by atoms with Crippen molar-refractivity contribution in [3.8, 4) is 5.75 Å². The summed E-state index contributed by atoms with van der Waals surface area (Å²) in [6, 6.07) is 10.2. The van der Waals surface area contributed by atoms with E-state index in [1.165, 1.54) is 4.88 Å². The minimum absolute atomic E-state index is 0.00734. The first-order valence-corrected chi connectivity index (χ1v) is 15.0. The molecule has 0 aliphatic carbocycles. The molecule has 216 valence electrons. The standard InChI is InChI=1S/C29H39N5O5S/c1-19(2)31-29(37)32-23-10-9-20-11-14-38-25-8-4-3-7-22(25)28(36)34-13-12-33(17-21-6-5-15-40-21)18-24(34)27(35)30-16-26(23)39-20/h3-8,15,19-20,23-24,26H,9-14,16-18H2,1-2H3,(H,30,35)(H2,31,32,37)/t20-,23+,24-,26+/m0/s1. The molecule has 1 aromatic carbocycles. The highest BCUT2D eigenvalue weighted by Crippen LogP contribution is 2.27. The molecule has 0 spiro atoms. The van der Waals surface area contributed by atoms with Gasteiger partial charge in [0.15, 0.2) is 0 Å². The van der Waals surface area contributed by atoms with E-state index in [2.05, 4.69) is 26.9 Å². The van der Waals surface area contributed by atoms with Crippen LogP contribution in [0.15, 0.2) is 41.8 Å². The molecule has 5 rings (SSSR count). The molecule has 2 fully saturated rings. The minimum atomic E-state index is -0.674. The first-order chi connectivity index (χ1) is 19.4. The number of nitrogens with zero attached hydrogens (tertiary/aromatic N) is 2. The minimum Gasteiger partial charge on any atom is -0.493 e. The van der Waals surface area contributed by atoms with Gasteiger partial charge in [0.25, 0.3) is 5.91 Å². The van der Waals surface area contributed by atoms with E-state index in [1.807, 2.05) is 37.4 Å². The number of hydrogen-bond acceptors (Lipinski definition) is 7. The summed E-state index contributed by atoms with van der Waals surface area (Å²) in [6.45, 7) is 6.70. The maximum absolute atomic E-state index is 13.8. The highest BCUT2D eigenvalue weighted by Gasteiger charge is 2.39. The number of carbonyl (C=O) groups excluding carboxylic acids is 3. The zero-order valence-corrected chi connectivity index (χ0v) is 24.0. The maximum Gasteiger partial charge on any atom is 0.315 e. The van der Waals surface area contributed by atoms with Gasteiger partial charge in [-0.2, -0.15) is 0 Å². The van der Waals surface area contributed by atoms with Crippen LogP contribution in [0.1, 0.15) is 48.3 Å². The van der Waals surface area contributed by atoms with Crippen LogP contribution in [0.2, 0.25) is 0 Å². The Morgan fingerprint density at radius 3 is 2.77 bits per heavy atom. The number of fused-ring (bicyclic) bond motifs is 4. The molecule has 3 N–H and O–H groups in total. The lowest BCUT2D eigenvalue weighted by Crippen LogP contribution is -2.62. The van der Waals surface area contributed by atoms with E-state index < -0.39 is 12.1 Å². The number of thiophene rings is 1. The van der Waals surface area contributed by atoms with Gasteiger partial charge >= 0.3 is 6.03 Å². The number of piperazine rings is 1. The van der Waals surface area contributed by atoms with Crippen molar-refractivity contribution in [2.45, 2.75) is 70.0 Å². The fourth-order valence-electron chi connectivity index (χ4n) is 5.62. The summed E-state index contributed by atoms with van der Waals surface area (Å²) >= 11 is 1.68. The van der Waals surface area contributed by atoms with E-state index in [1.54, 1.807) is 28.4 Å². The zero-order chi connectivity index (χ0) is 28.1. The monoisotopic (exact) mass is 569 g/mol. The molecule has 4 atom stereocenters. The average Bonchev–Trinajstić information content (AvgIpc) is 3.45. The van der Waals surface area contributed by atoms with E-state index in [9.17, 15) is 14.4 Å². The van der Waals surface area contributed by atoms with Gasteiger partial charge in [-0.1, -0.05) is 18.2 Å². The van der Waals surface area contributed by atoms with Gasteiger partial charge < -0.3 is 30.3 Å². The lowest BCUT2D eigenvalue weighted by molar-refractivity contribution is -0.130. The van der Waals surface area contributed by atoms with Gasteiger partial charge in [0, 0.05) is 50.1 Å². The molecule has 0 unspecified atom stereocenters. The molecule has 4 heterocycles. The van der Waals surface area contributed by atoms with Gasteiger partial charge in [0.05, 0.1) is 30.4 Å². The number of para-hydroxylation sites is 1. The Hall–Kier alpha value is -3.15. The van der Waals surface area contributed by atoms with Crippen molar-refractivity contribution in [1.82, 2.24) is 25.8 Å². The molecule has 3 aliphatic heterocycles. The first-order valence-electron chi connectivity index (χ1n) is 14.1. The predicted octanol–water partition coefficient (Wildman–Crippen LogP) is 2.60. The lowest BCUT2D eigenvalue weighted by atomic mass is 9.96. The number of hydrogen-bond donors (Lipinski definition) is 3. The van der Waals surface area contributed by atoms with Crippen molar-refractivity contribution >= 4 is 29.2 Å². The Morgan fingerprint density at radius 1 is 1.12 bits per heavy atom. The van der Waals surface area contributed by atoms with Crippen LogP contribution in [0.5, 0.6) is 5.75 Å². The second-order valence-electron chi connectivity index (χ2n) is 11.0. The number of nitrogens with one attached hydrogen (secondary N) is 3. The van der Waals surface area contributed by atoms with E-state index >= 15 is 0 Å². The summed E-state index contributed by atoms with van der Waals surface area (Å²) in [5.74, 6) is 0.0858. The van der Waals surface area contributed by atoms with Crippen LogP contribution >= 0.6 is 11.3 Å². The molecule has 4 amide bonds. The number of urea groups is 1. The second kappa shape index (κ2) is 13.0. The average molecular weight is 570 g/mol. The van der Waals surface area contributed by atoms with Gasteiger partial charge in [-0.15, -0.1) is 11.3 Å². The summed E-state index contributed by atoms with van der Waals surface area (Å²) in [6.07, 6.45) is 1.66. The van der Waals surface area contributed by atoms with E-state index in [0.29, 0.717) is 44.0 Å². The number of benzene rings is 1. The van der Waals surface area contributed by atoms with Crippen LogP contribution < -0.4 is 20.7 Å². The first kappa shape index (κ1) is 28.4. The summed E-state index contributed by atoms with van der Waals surface area (Å²) in [5.41, 5.74) is 0.465. The summed E-state index contributed by atoms with van der Waals surface area (Å²) in [7, 11) is 0. The van der Waals surface area contributed by atoms with E-state index in [-0.39, 0.29) is 42.6 Å². The summed E-state index contributed by atoms with van der Waals surface area (Å²) in [5, 5.41) is 11.0. The molecule has 0 radical (unpaired) electrons. The molecule has 40 heavy (non-hydrogen) atoms. The second-order valence-corrected chi connectivity index (χ2v) is 12.0. The molecular formula is C29H39N5O5S. The Labute approximate surface area is 239 Å². The Balaban J connectivity index is 1.38. The van der Waals surface area contributed by atoms with Crippen molar-refractivity contribution in [2.24, 2.45) is 0 Å². The molecule has 2 aromatic rings. The SMILES string of the molecule is CC(C)NC(=O)N[C@@H]1CC[C@H]2CCOc3ccccc3C(=O)N3CCN(Cc4cccs4)C[C@H]3C(=O)NC[C@H]1O2. The number of rotatable bonds is 4. The third-order valence-electron chi connectivity index (χ3n) is 7.63. The van der Waals surface area contributed by atoms with Crippen LogP contribution in [0.3, 0.4) is 0 Å². The zero-order valence-electron chi connectivity index (χ0n) is 23.1. The topological polar surface area (TPSA) is 112 Å². The Kier molecular flexibility index (Phi) is 9.23.